The van der Waals surface area contributed by atoms with E-state index in [0.717, 1.165) is 16.7 Å². The molecule has 136 valence electrons. The van der Waals surface area contributed by atoms with Gasteiger partial charge in [0, 0.05) is 25.5 Å². The lowest BCUT2D eigenvalue weighted by Gasteiger charge is -2.14. The monoisotopic (exact) mass is 363 g/mol. The molecule has 0 unspecified atom stereocenters. The highest BCUT2D eigenvalue weighted by atomic mass is 19.1. The van der Waals surface area contributed by atoms with Gasteiger partial charge in [-0.15, -0.1) is 0 Å². The van der Waals surface area contributed by atoms with Gasteiger partial charge in [-0.1, -0.05) is 24.8 Å². The number of aryl methyl sites for hydroxylation is 1. The second kappa shape index (κ2) is 6.39. The first-order valence-electron chi connectivity index (χ1n) is 8.55. The van der Waals surface area contributed by atoms with Crippen LogP contribution in [0.2, 0.25) is 0 Å². The summed E-state index contributed by atoms with van der Waals surface area (Å²) in [5.74, 6) is -0.699. The smallest absolute Gasteiger partial charge is 0.246 e. The van der Waals surface area contributed by atoms with Crippen LogP contribution in [0.3, 0.4) is 0 Å². The van der Waals surface area contributed by atoms with Crippen molar-refractivity contribution in [3.8, 4) is 16.9 Å². The molecular weight excluding hydrogens is 345 g/mol. The highest BCUT2D eigenvalue weighted by Gasteiger charge is 2.23. The van der Waals surface area contributed by atoms with Gasteiger partial charge in [-0.3, -0.25) is 9.48 Å². The van der Waals surface area contributed by atoms with Gasteiger partial charge < -0.3 is 10.0 Å². The molecule has 0 radical (unpaired) electrons. The molecular formula is C21H18FN3O2. The normalized spacial score (nSPS) is 13.9. The quantitative estimate of drug-likeness (QED) is 0.725. The summed E-state index contributed by atoms with van der Waals surface area (Å²) in [6, 6.07) is 9.65. The first-order valence-corrected chi connectivity index (χ1v) is 8.55. The maximum absolute atomic E-state index is 14.2. The van der Waals surface area contributed by atoms with Crippen LogP contribution in [0.25, 0.3) is 27.6 Å². The zero-order chi connectivity index (χ0) is 19.1. The van der Waals surface area contributed by atoms with Crippen LogP contribution in [0.1, 0.15) is 5.69 Å². The summed E-state index contributed by atoms with van der Waals surface area (Å²) in [5.41, 5.74) is 3.36. The third kappa shape index (κ3) is 2.79. The summed E-state index contributed by atoms with van der Waals surface area (Å²) in [5, 5.41) is 15.5. The van der Waals surface area contributed by atoms with Crippen LogP contribution in [0.4, 0.5) is 4.39 Å². The molecule has 1 aromatic heterocycles. The van der Waals surface area contributed by atoms with E-state index in [0.29, 0.717) is 24.2 Å². The Morgan fingerprint density at radius 1 is 1.33 bits per heavy atom. The van der Waals surface area contributed by atoms with Gasteiger partial charge >= 0.3 is 0 Å². The number of nitrogens with zero attached hydrogens (tertiary/aromatic N) is 3. The fourth-order valence-electron chi connectivity index (χ4n) is 3.56. The molecule has 0 saturated carbocycles. The molecule has 4 rings (SSSR count). The van der Waals surface area contributed by atoms with E-state index in [2.05, 4.69) is 11.7 Å². The standard InChI is InChI=1S/C21H18FN3O2/c1-3-19(27)25-10-9-14(12-25)21-15-8-7-13(11-17(15)23-24(21)2)20-16(22)5-4-6-18(20)26/h3-9,11,26H,1,10,12H2,2H3. The van der Waals surface area contributed by atoms with Crippen molar-refractivity contribution < 1.29 is 14.3 Å². The Bertz CT molecular complexity index is 1090. The van der Waals surface area contributed by atoms with Crippen LogP contribution in [0.15, 0.2) is 55.1 Å². The molecule has 1 amide bonds. The highest BCUT2D eigenvalue weighted by Crippen LogP contribution is 2.35. The van der Waals surface area contributed by atoms with Crippen LogP contribution in [-0.2, 0) is 11.8 Å². The third-order valence-electron chi connectivity index (χ3n) is 4.82. The molecule has 0 saturated heterocycles. The fourth-order valence-corrected chi connectivity index (χ4v) is 3.56. The van der Waals surface area contributed by atoms with Crippen molar-refractivity contribution in [2.24, 2.45) is 7.05 Å². The first kappa shape index (κ1) is 17.0. The number of amides is 1. The molecule has 2 heterocycles. The lowest BCUT2D eigenvalue weighted by atomic mass is 10.0. The van der Waals surface area contributed by atoms with E-state index in [-0.39, 0.29) is 17.2 Å². The van der Waals surface area contributed by atoms with Crippen molar-refractivity contribution in [1.29, 1.82) is 0 Å². The minimum atomic E-state index is -0.484. The third-order valence-corrected chi connectivity index (χ3v) is 4.82. The van der Waals surface area contributed by atoms with Gasteiger partial charge in [0.2, 0.25) is 5.91 Å². The summed E-state index contributed by atoms with van der Waals surface area (Å²) in [6.07, 6.45) is 3.32. The molecule has 0 atom stereocenters. The highest BCUT2D eigenvalue weighted by molar-refractivity contribution is 5.96. The average Bonchev–Trinajstić information content (AvgIpc) is 3.24. The number of benzene rings is 2. The van der Waals surface area contributed by atoms with Gasteiger partial charge in [0.15, 0.2) is 0 Å². The number of hydrogen-bond donors (Lipinski definition) is 1. The van der Waals surface area contributed by atoms with Gasteiger partial charge in [0.25, 0.3) is 0 Å². The molecule has 3 aromatic rings. The predicted octanol–water partition coefficient (Wildman–Crippen LogP) is 3.50. The number of fused-ring (bicyclic) bond motifs is 1. The zero-order valence-corrected chi connectivity index (χ0v) is 14.8. The Morgan fingerprint density at radius 3 is 2.89 bits per heavy atom. The van der Waals surface area contributed by atoms with Crippen molar-refractivity contribution in [3.63, 3.8) is 0 Å². The molecule has 0 bridgehead atoms. The van der Waals surface area contributed by atoms with Crippen molar-refractivity contribution in [2.45, 2.75) is 0 Å². The van der Waals surface area contributed by atoms with Crippen molar-refractivity contribution >= 4 is 22.4 Å². The second-order valence-corrected chi connectivity index (χ2v) is 6.49. The molecule has 0 fully saturated rings. The second-order valence-electron chi connectivity index (χ2n) is 6.49. The Balaban J connectivity index is 1.77. The number of carbonyl (C=O) groups is 1. The molecule has 1 N–H and O–H groups in total. The zero-order valence-electron chi connectivity index (χ0n) is 14.8. The van der Waals surface area contributed by atoms with E-state index in [1.807, 2.05) is 19.2 Å². The largest absolute Gasteiger partial charge is 0.507 e. The summed E-state index contributed by atoms with van der Waals surface area (Å²) < 4.78 is 15.9. The van der Waals surface area contributed by atoms with E-state index >= 15 is 0 Å². The fraction of sp³-hybridized carbons (Fsp3) is 0.143. The van der Waals surface area contributed by atoms with Crippen molar-refractivity contribution in [3.05, 3.63) is 66.6 Å². The van der Waals surface area contributed by atoms with Crippen LogP contribution in [0, 0.1) is 5.82 Å². The number of halogens is 1. The summed E-state index contributed by atoms with van der Waals surface area (Å²) in [6.45, 7) is 4.56. The lowest BCUT2D eigenvalue weighted by molar-refractivity contribution is -0.124. The van der Waals surface area contributed by atoms with Crippen LogP contribution in [-0.4, -0.2) is 38.8 Å². The minimum absolute atomic E-state index is 0.106. The summed E-state index contributed by atoms with van der Waals surface area (Å²) >= 11 is 0. The predicted molar refractivity (Wildman–Crippen MR) is 103 cm³/mol. The van der Waals surface area contributed by atoms with Gasteiger partial charge in [-0.05, 0) is 41.5 Å². The number of phenols is 1. The van der Waals surface area contributed by atoms with E-state index in [1.54, 1.807) is 21.7 Å². The number of hydrogen-bond acceptors (Lipinski definition) is 3. The van der Waals surface area contributed by atoms with Crippen molar-refractivity contribution in [1.82, 2.24) is 14.7 Å². The number of aromatic nitrogens is 2. The molecule has 1 aliphatic rings. The lowest BCUT2D eigenvalue weighted by Crippen LogP contribution is -2.26. The van der Waals surface area contributed by atoms with E-state index < -0.39 is 5.82 Å². The molecule has 2 aromatic carbocycles. The maximum Gasteiger partial charge on any atom is 0.246 e. The molecule has 0 aliphatic carbocycles. The average molecular weight is 363 g/mol. The summed E-state index contributed by atoms with van der Waals surface area (Å²) in [4.78, 5) is 13.5. The van der Waals surface area contributed by atoms with Crippen molar-refractivity contribution in [2.75, 3.05) is 13.1 Å². The van der Waals surface area contributed by atoms with E-state index in [9.17, 15) is 14.3 Å². The van der Waals surface area contributed by atoms with Gasteiger partial charge in [0.1, 0.15) is 11.6 Å². The SMILES string of the molecule is C=CC(=O)N1CC=C(c2c3ccc(-c4c(O)cccc4F)cc3nn2C)C1. The van der Waals surface area contributed by atoms with Gasteiger partial charge in [-0.25, -0.2) is 4.39 Å². The van der Waals surface area contributed by atoms with Crippen LogP contribution in [0.5, 0.6) is 5.75 Å². The molecule has 1 aliphatic heterocycles. The molecule has 6 heteroatoms. The number of aromatic hydroxyl groups is 1. The summed E-state index contributed by atoms with van der Waals surface area (Å²) in [7, 11) is 1.84. The maximum atomic E-state index is 14.2. The number of carbonyl (C=O) groups excluding carboxylic acids is 1. The molecule has 0 spiro atoms. The van der Waals surface area contributed by atoms with E-state index in [4.69, 9.17) is 0 Å². The Labute approximate surface area is 155 Å². The first-order chi connectivity index (χ1) is 13.0. The van der Waals surface area contributed by atoms with E-state index in [1.165, 1.54) is 24.3 Å². The Kier molecular flexibility index (Phi) is 4.03. The van der Waals surface area contributed by atoms with Gasteiger partial charge in [0.05, 0.1) is 16.8 Å². The van der Waals surface area contributed by atoms with Gasteiger partial charge in [-0.2, -0.15) is 5.10 Å². The van der Waals surface area contributed by atoms with Crippen LogP contribution < -0.4 is 0 Å². The van der Waals surface area contributed by atoms with Crippen LogP contribution >= 0.6 is 0 Å². The Morgan fingerprint density at radius 2 is 2.15 bits per heavy atom. The minimum Gasteiger partial charge on any atom is -0.507 e. The topological polar surface area (TPSA) is 58.4 Å². The molecule has 5 nitrogen and oxygen atoms in total. The number of phenolic OH excluding ortho intramolecular Hbond substituents is 1. The number of rotatable bonds is 3. The Hall–Kier alpha value is -3.41. The molecule has 27 heavy (non-hydrogen) atoms.